The first-order valence-corrected chi connectivity index (χ1v) is 5.10. The van der Waals surface area contributed by atoms with Crippen LogP contribution < -0.4 is 10.6 Å². The Hall–Kier alpha value is -0.610. The molecule has 84 valence electrons. The fourth-order valence-electron chi connectivity index (χ4n) is 0.897. The molecule has 0 fully saturated rings. The van der Waals surface area contributed by atoms with Gasteiger partial charge in [-0.05, 0) is 27.2 Å². The SMILES string of the molecule is CCCNC(=O)C(C)NCC(C)(C)O. The molecule has 0 aliphatic heterocycles. The van der Waals surface area contributed by atoms with Gasteiger partial charge in [-0.1, -0.05) is 6.92 Å². The summed E-state index contributed by atoms with van der Waals surface area (Å²) in [5, 5.41) is 15.2. The van der Waals surface area contributed by atoms with Crippen molar-refractivity contribution in [3.63, 3.8) is 0 Å². The lowest BCUT2D eigenvalue weighted by Gasteiger charge is -2.21. The molecule has 0 saturated carbocycles. The maximum Gasteiger partial charge on any atom is 0.236 e. The van der Waals surface area contributed by atoms with E-state index < -0.39 is 5.60 Å². The van der Waals surface area contributed by atoms with Crippen LogP contribution in [0.3, 0.4) is 0 Å². The first-order chi connectivity index (χ1) is 6.37. The zero-order chi connectivity index (χ0) is 11.2. The van der Waals surface area contributed by atoms with Gasteiger partial charge >= 0.3 is 0 Å². The Morgan fingerprint density at radius 2 is 2.07 bits per heavy atom. The van der Waals surface area contributed by atoms with E-state index in [0.717, 1.165) is 6.42 Å². The average Bonchev–Trinajstić information content (AvgIpc) is 2.09. The molecule has 0 saturated heterocycles. The molecule has 0 heterocycles. The minimum atomic E-state index is -0.778. The fraction of sp³-hybridized carbons (Fsp3) is 0.900. The predicted octanol–water partition coefficient (Wildman–Crippen LogP) is 0.262. The summed E-state index contributed by atoms with van der Waals surface area (Å²) in [5.41, 5.74) is -0.778. The van der Waals surface area contributed by atoms with Crippen molar-refractivity contribution in [2.24, 2.45) is 0 Å². The summed E-state index contributed by atoms with van der Waals surface area (Å²) >= 11 is 0. The third-order valence-corrected chi connectivity index (χ3v) is 1.78. The monoisotopic (exact) mass is 202 g/mol. The standard InChI is InChI=1S/C10H22N2O2/c1-5-6-11-9(13)8(2)12-7-10(3,4)14/h8,12,14H,5-7H2,1-4H3,(H,11,13). The Labute approximate surface area is 86.1 Å². The molecule has 0 rings (SSSR count). The number of hydrogen-bond donors (Lipinski definition) is 3. The molecule has 0 aromatic carbocycles. The third kappa shape index (κ3) is 6.86. The molecule has 14 heavy (non-hydrogen) atoms. The van der Waals surface area contributed by atoms with Crippen LogP contribution in [-0.2, 0) is 4.79 Å². The molecule has 0 aliphatic rings. The number of hydrogen-bond acceptors (Lipinski definition) is 3. The highest BCUT2D eigenvalue weighted by Gasteiger charge is 2.17. The van der Waals surface area contributed by atoms with Gasteiger partial charge in [-0.15, -0.1) is 0 Å². The van der Waals surface area contributed by atoms with Crippen molar-refractivity contribution in [1.82, 2.24) is 10.6 Å². The second kappa shape index (κ2) is 5.98. The summed E-state index contributed by atoms with van der Waals surface area (Å²) < 4.78 is 0. The number of amides is 1. The van der Waals surface area contributed by atoms with Crippen LogP contribution in [0, 0.1) is 0 Å². The van der Waals surface area contributed by atoms with Gasteiger partial charge in [0.25, 0.3) is 0 Å². The molecule has 3 N–H and O–H groups in total. The molecule has 0 spiro atoms. The maximum absolute atomic E-state index is 11.4. The van der Waals surface area contributed by atoms with Crippen molar-refractivity contribution in [2.75, 3.05) is 13.1 Å². The lowest BCUT2D eigenvalue weighted by molar-refractivity contribution is -0.122. The topological polar surface area (TPSA) is 61.4 Å². The normalized spacial score (nSPS) is 13.8. The second-order valence-electron chi connectivity index (χ2n) is 4.21. The van der Waals surface area contributed by atoms with E-state index in [4.69, 9.17) is 0 Å². The van der Waals surface area contributed by atoms with Gasteiger partial charge in [0, 0.05) is 13.1 Å². The fourth-order valence-corrected chi connectivity index (χ4v) is 0.897. The quantitative estimate of drug-likeness (QED) is 0.579. The largest absolute Gasteiger partial charge is 0.389 e. The highest BCUT2D eigenvalue weighted by Crippen LogP contribution is 1.98. The van der Waals surface area contributed by atoms with E-state index in [-0.39, 0.29) is 11.9 Å². The number of carbonyl (C=O) groups is 1. The van der Waals surface area contributed by atoms with Crippen LogP contribution in [0.1, 0.15) is 34.1 Å². The van der Waals surface area contributed by atoms with Gasteiger partial charge in [0.1, 0.15) is 0 Å². The van der Waals surface area contributed by atoms with Crippen LogP contribution >= 0.6 is 0 Å². The smallest absolute Gasteiger partial charge is 0.236 e. The minimum Gasteiger partial charge on any atom is -0.389 e. The number of rotatable bonds is 6. The summed E-state index contributed by atoms with van der Waals surface area (Å²) in [7, 11) is 0. The molecule has 1 atom stereocenters. The molecule has 4 nitrogen and oxygen atoms in total. The second-order valence-corrected chi connectivity index (χ2v) is 4.21. The Balaban J connectivity index is 3.73. The molecule has 1 amide bonds. The average molecular weight is 202 g/mol. The van der Waals surface area contributed by atoms with E-state index >= 15 is 0 Å². The van der Waals surface area contributed by atoms with Gasteiger partial charge in [0.2, 0.25) is 5.91 Å². The van der Waals surface area contributed by atoms with Crippen LogP contribution in [0.2, 0.25) is 0 Å². The van der Waals surface area contributed by atoms with Crippen LogP contribution in [0.15, 0.2) is 0 Å². The van der Waals surface area contributed by atoms with E-state index in [0.29, 0.717) is 13.1 Å². The molecule has 0 aromatic heterocycles. The molecule has 0 aliphatic carbocycles. The Bertz CT molecular complexity index is 175. The van der Waals surface area contributed by atoms with E-state index in [9.17, 15) is 9.90 Å². The van der Waals surface area contributed by atoms with Gasteiger partial charge < -0.3 is 15.7 Å². The van der Waals surface area contributed by atoms with Gasteiger partial charge in [0.05, 0.1) is 11.6 Å². The van der Waals surface area contributed by atoms with Gasteiger partial charge in [-0.2, -0.15) is 0 Å². The van der Waals surface area contributed by atoms with Crippen LogP contribution in [0.4, 0.5) is 0 Å². The molecule has 4 heteroatoms. The summed E-state index contributed by atoms with van der Waals surface area (Å²) in [5.74, 6) is -0.0175. The van der Waals surface area contributed by atoms with Crippen LogP contribution in [0.5, 0.6) is 0 Å². The van der Waals surface area contributed by atoms with Crippen molar-refractivity contribution in [3.8, 4) is 0 Å². The zero-order valence-corrected chi connectivity index (χ0v) is 9.55. The zero-order valence-electron chi connectivity index (χ0n) is 9.55. The Morgan fingerprint density at radius 1 is 1.50 bits per heavy atom. The lowest BCUT2D eigenvalue weighted by atomic mass is 10.1. The maximum atomic E-state index is 11.4. The molecular weight excluding hydrogens is 180 g/mol. The van der Waals surface area contributed by atoms with Crippen LogP contribution in [0.25, 0.3) is 0 Å². The number of carbonyl (C=O) groups excluding carboxylic acids is 1. The molecule has 0 bridgehead atoms. The lowest BCUT2D eigenvalue weighted by Crippen LogP contribution is -2.47. The summed E-state index contributed by atoms with van der Waals surface area (Å²) in [4.78, 5) is 11.4. The molecule has 1 unspecified atom stereocenters. The van der Waals surface area contributed by atoms with Crippen molar-refractivity contribution in [3.05, 3.63) is 0 Å². The molecule has 0 aromatic rings. The summed E-state index contributed by atoms with van der Waals surface area (Å²) in [6.07, 6.45) is 0.934. The highest BCUT2D eigenvalue weighted by molar-refractivity contribution is 5.81. The number of aliphatic hydroxyl groups is 1. The van der Waals surface area contributed by atoms with Crippen LogP contribution in [-0.4, -0.2) is 35.7 Å². The third-order valence-electron chi connectivity index (χ3n) is 1.78. The van der Waals surface area contributed by atoms with Gasteiger partial charge in [0.15, 0.2) is 0 Å². The summed E-state index contributed by atoms with van der Waals surface area (Å²) in [6.45, 7) is 8.32. The minimum absolute atomic E-state index is 0.0175. The first kappa shape index (κ1) is 13.4. The van der Waals surface area contributed by atoms with Crippen molar-refractivity contribution >= 4 is 5.91 Å². The van der Waals surface area contributed by atoms with Crippen molar-refractivity contribution in [1.29, 1.82) is 0 Å². The number of nitrogens with one attached hydrogen (secondary N) is 2. The van der Waals surface area contributed by atoms with E-state index in [1.807, 2.05) is 6.92 Å². The Morgan fingerprint density at radius 3 is 2.50 bits per heavy atom. The molecular formula is C10H22N2O2. The summed E-state index contributed by atoms with van der Waals surface area (Å²) in [6, 6.07) is -0.257. The van der Waals surface area contributed by atoms with Gasteiger partial charge in [-0.25, -0.2) is 0 Å². The molecule has 0 radical (unpaired) electrons. The van der Waals surface area contributed by atoms with Crippen molar-refractivity contribution in [2.45, 2.75) is 45.8 Å². The predicted molar refractivity (Wildman–Crippen MR) is 57.1 cm³/mol. The highest BCUT2D eigenvalue weighted by atomic mass is 16.3. The Kier molecular flexibility index (Phi) is 5.72. The van der Waals surface area contributed by atoms with E-state index in [1.165, 1.54) is 0 Å². The van der Waals surface area contributed by atoms with E-state index in [1.54, 1.807) is 20.8 Å². The van der Waals surface area contributed by atoms with Crippen molar-refractivity contribution < 1.29 is 9.90 Å². The van der Waals surface area contributed by atoms with Gasteiger partial charge in [-0.3, -0.25) is 4.79 Å². The van der Waals surface area contributed by atoms with E-state index in [2.05, 4.69) is 10.6 Å². The first-order valence-electron chi connectivity index (χ1n) is 5.10.